The van der Waals surface area contributed by atoms with Crippen molar-refractivity contribution in [2.45, 2.75) is 12.6 Å². The van der Waals surface area contributed by atoms with Gasteiger partial charge in [-0.3, -0.25) is 4.79 Å². The van der Waals surface area contributed by atoms with Gasteiger partial charge in [-0.1, -0.05) is 0 Å². The van der Waals surface area contributed by atoms with Crippen LogP contribution in [0.5, 0.6) is 0 Å². The van der Waals surface area contributed by atoms with Crippen LogP contribution in [0, 0.1) is 3.70 Å². The summed E-state index contributed by atoms with van der Waals surface area (Å²) in [6.07, 6.45) is -8.34. The summed E-state index contributed by atoms with van der Waals surface area (Å²) < 4.78 is 61.7. The summed E-state index contributed by atoms with van der Waals surface area (Å²) in [6.45, 7) is 0. The number of hydrogen-bond donors (Lipinski definition) is 0. The number of hydrogen-bond acceptors (Lipinski definition) is 2. The van der Waals surface area contributed by atoms with Crippen LogP contribution in [0.15, 0.2) is 6.07 Å². The van der Waals surface area contributed by atoms with E-state index < -0.39 is 29.4 Å². The summed E-state index contributed by atoms with van der Waals surface area (Å²) in [7, 11) is 0. The Balaban J connectivity index is 3.55. The number of carbonyl (C=O) groups excluding carboxylic acids is 1. The van der Waals surface area contributed by atoms with Gasteiger partial charge in [0.05, 0.1) is 5.56 Å². The van der Waals surface area contributed by atoms with Gasteiger partial charge in [0, 0.05) is 5.56 Å². The highest BCUT2D eigenvalue weighted by molar-refractivity contribution is 14.1. The van der Waals surface area contributed by atoms with Gasteiger partial charge in [0.25, 0.3) is 6.43 Å². The minimum absolute atomic E-state index is 0.245. The smallest absolute Gasteiger partial charge is 0.298 e. The Hall–Kier alpha value is -0.800. The first-order valence-electron chi connectivity index (χ1n) is 3.78. The van der Waals surface area contributed by atoms with E-state index in [0.29, 0.717) is 0 Å². The third-order valence-corrected chi connectivity index (χ3v) is 2.23. The highest BCUT2D eigenvalue weighted by atomic mass is 127. The van der Waals surface area contributed by atoms with Crippen LogP contribution in [0.25, 0.3) is 0 Å². The van der Waals surface area contributed by atoms with E-state index in [0.717, 1.165) is 6.07 Å². The minimum atomic E-state index is -4.93. The van der Waals surface area contributed by atoms with E-state index in [4.69, 9.17) is 0 Å². The lowest BCUT2D eigenvalue weighted by molar-refractivity contribution is -0.141. The quantitative estimate of drug-likeness (QED) is 0.354. The lowest BCUT2D eigenvalue weighted by Crippen LogP contribution is -2.15. The molecule has 0 aromatic carbocycles. The Kier molecular flexibility index (Phi) is 3.81. The molecule has 0 amide bonds. The number of rotatable bonds is 2. The van der Waals surface area contributed by atoms with E-state index in [1.54, 1.807) is 0 Å². The Morgan fingerprint density at radius 1 is 1.38 bits per heavy atom. The number of carbonyl (C=O) groups is 1. The van der Waals surface area contributed by atoms with Gasteiger partial charge < -0.3 is 0 Å². The molecular weight excluding hydrogens is 348 g/mol. The molecule has 0 atom stereocenters. The van der Waals surface area contributed by atoms with Crippen LogP contribution in [0.3, 0.4) is 0 Å². The topological polar surface area (TPSA) is 30.0 Å². The Morgan fingerprint density at radius 2 is 1.94 bits per heavy atom. The van der Waals surface area contributed by atoms with Crippen molar-refractivity contribution >= 4 is 28.9 Å². The molecular formula is C8H3F5INO. The first kappa shape index (κ1) is 13.3. The fraction of sp³-hybridized carbons (Fsp3) is 0.250. The van der Waals surface area contributed by atoms with Gasteiger partial charge in [-0.15, -0.1) is 0 Å². The summed E-state index contributed by atoms with van der Waals surface area (Å²) in [6, 6.07) is 0.754. The molecule has 2 nitrogen and oxygen atoms in total. The molecule has 0 radical (unpaired) electrons. The normalized spacial score (nSPS) is 11.9. The Bertz CT molecular complexity index is 418. The highest BCUT2D eigenvalue weighted by Gasteiger charge is 2.37. The maximum Gasteiger partial charge on any atom is 0.434 e. The third-order valence-electron chi connectivity index (χ3n) is 1.68. The van der Waals surface area contributed by atoms with Crippen molar-refractivity contribution in [3.63, 3.8) is 0 Å². The van der Waals surface area contributed by atoms with Crippen molar-refractivity contribution in [3.8, 4) is 0 Å². The molecule has 0 fully saturated rings. The average molecular weight is 351 g/mol. The SMILES string of the molecule is O=Cc1c(C(F)F)cc(I)nc1C(F)(F)F. The van der Waals surface area contributed by atoms with Crippen LogP contribution in [-0.4, -0.2) is 11.3 Å². The van der Waals surface area contributed by atoms with Crippen molar-refractivity contribution in [2.24, 2.45) is 0 Å². The standard InChI is InChI=1S/C8H3F5INO/c9-7(10)3-1-5(14)15-6(4(3)2-16)8(11,12)13/h1-2,7H. The number of aromatic nitrogens is 1. The molecule has 0 bridgehead atoms. The molecule has 0 aliphatic heterocycles. The fourth-order valence-electron chi connectivity index (χ4n) is 1.06. The lowest BCUT2D eigenvalue weighted by atomic mass is 10.1. The molecule has 0 saturated carbocycles. The lowest BCUT2D eigenvalue weighted by Gasteiger charge is -2.12. The molecule has 1 heterocycles. The van der Waals surface area contributed by atoms with Crippen LogP contribution in [0.1, 0.15) is 28.0 Å². The Morgan fingerprint density at radius 3 is 2.31 bits per heavy atom. The van der Waals surface area contributed by atoms with Crippen molar-refractivity contribution in [1.29, 1.82) is 0 Å². The van der Waals surface area contributed by atoms with Crippen LogP contribution in [0.4, 0.5) is 22.0 Å². The third kappa shape index (κ3) is 2.66. The molecule has 0 saturated heterocycles. The van der Waals surface area contributed by atoms with Crippen molar-refractivity contribution < 1.29 is 26.7 Å². The number of aldehydes is 1. The summed E-state index contributed by atoms with van der Waals surface area (Å²) in [4.78, 5) is 13.5. The molecule has 8 heteroatoms. The monoisotopic (exact) mass is 351 g/mol. The molecule has 1 aromatic heterocycles. The van der Waals surface area contributed by atoms with Gasteiger partial charge in [-0.25, -0.2) is 13.8 Å². The van der Waals surface area contributed by atoms with Crippen LogP contribution < -0.4 is 0 Å². The van der Waals surface area contributed by atoms with Crippen molar-refractivity contribution in [3.05, 3.63) is 26.6 Å². The van der Waals surface area contributed by atoms with Gasteiger partial charge in [-0.2, -0.15) is 13.2 Å². The highest BCUT2D eigenvalue weighted by Crippen LogP contribution is 2.34. The fourth-order valence-corrected chi connectivity index (χ4v) is 1.64. The van der Waals surface area contributed by atoms with Crippen molar-refractivity contribution in [1.82, 2.24) is 4.98 Å². The van der Waals surface area contributed by atoms with Gasteiger partial charge >= 0.3 is 6.18 Å². The second kappa shape index (κ2) is 4.60. The second-order valence-electron chi connectivity index (χ2n) is 2.71. The molecule has 1 rings (SSSR count). The summed E-state index contributed by atoms with van der Waals surface area (Å²) in [5, 5.41) is 0. The number of nitrogens with zero attached hydrogens (tertiary/aromatic N) is 1. The van der Waals surface area contributed by atoms with Gasteiger partial charge in [0.2, 0.25) is 0 Å². The van der Waals surface area contributed by atoms with Gasteiger partial charge in [-0.05, 0) is 28.7 Å². The summed E-state index contributed by atoms with van der Waals surface area (Å²) in [5.41, 5.74) is -3.64. The number of alkyl halides is 5. The second-order valence-corrected chi connectivity index (χ2v) is 3.82. The molecule has 0 aliphatic rings. The first-order valence-corrected chi connectivity index (χ1v) is 4.86. The first-order chi connectivity index (χ1) is 7.27. The van der Waals surface area contributed by atoms with E-state index in [-0.39, 0.29) is 9.99 Å². The van der Waals surface area contributed by atoms with Crippen LogP contribution in [-0.2, 0) is 6.18 Å². The molecule has 1 aromatic rings. The zero-order valence-electron chi connectivity index (χ0n) is 7.36. The number of pyridine rings is 1. The molecule has 0 spiro atoms. The zero-order valence-corrected chi connectivity index (χ0v) is 9.51. The van der Waals surface area contributed by atoms with Crippen LogP contribution >= 0.6 is 22.6 Å². The number of halogens is 6. The minimum Gasteiger partial charge on any atom is -0.298 e. The van der Waals surface area contributed by atoms with Gasteiger partial charge in [0.15, 0.2) is 12.0 Å². The molecule has 0 unspecified atom stereocenters. The van der Waals surface area contributed by atoms with Crippen LogP contribution in [0.2, 0.25) is 0 Å². The van der Waals surface area contributed by atoms with Crippen molar-refractivity contribution in [2.75, 3.05) is 0 Å². The van der Waals surface area contributed by atoms with E-state index >= 15 is 0 Å². The van der Waals surface area contributed by atoms with E-state index in [9.17, 15) is 26.7 Å². The van der Waals surface area contributed by atoms with E-state index in [1.165, 1.54) is 22.6 Å². The predicted molar refractivity (Wildman–Crippen MR) is 52.3 cm³/mol. The average Bonchev–Trinajstić information content (AvgIpc) is 2.14. The Labute approximate surface area is 100.0 Å². The maximum absolute atomic E-state index is 12.4. The molecule has 0 N–H and O–H groups in total. The summed E-state index contributed by atoms with van der Waals surface area (Å²) >= 11 is 1.38. The van der Waals surface area contributed by atoms with Gasteiger partial charge in [0.1, 0.15) is 3.70 Å². The van der Waals surface area contributed by atoms with E-state index in [1.807, 2.05) is 0 Å². The van der Waals surface area contributed by atoms with E-state index in [2.05, 4.69) is 4.98 Å². The zero-order chi connectivity index (χ0) is 12.5. The summed E-state index contributed by atoms with van der Waals surface area (Å²) in [5.74, 6) is 0. The largest absolute Gasteiger partial charge is 0.434 e. The molecule has 88 valence electrons. The molecule has 16 heavy (non-hydrogen) atoms. The molecule has 0 aliphatic carbocycles. The predicted octanol–water partition coefficient (Wildman–Crippen LogP) is 3.46. The maximum atomic E-state index is 12.4.